The maximum absolute atomic E-state index is 5.75. The van der Waals surface area contributed by atoms with Gasteiger partial charge in [-0.15, -0.1) is 0 Å². The fourth-order valence-corrected chi connectivity index (χ4v) is 2.50. The zero-order valence-corrected chi connectivity index (χ0v) is 12.0. The van der Waals surface area contributed by atoms with Crippen molar-refractivity contribution in [1.29, 1.82) is 0 Å². The van der Waals surface area contributed by atoms with E-state index < -0.39 is 0 Å². The van der Waals surface area contributed by atoms with E-state index in [1.807, 2.05) is 18.2 Å². The van der Waals surface area contributed by atoms with E-state index >= 15 is 0 Å². The van der Waals surface area contributed by atoms with Gasteiger partial charge in [-0.25, -0.2) is 0 Å². The summed E-state index contributed by atoms with van der Waals surface area (Å²) in [7, 11) is 0. The summed E-state index contributed by atoms with van der Waals surface area (Å²) in [5, 5.41) is 1.22. The zero-order chi connectivity index (χ0) is 13.1. The molecule has 3 aromatic rings. The molecule has 0 unspecified atom stereocenters. The van der Waals surface area contributed by atoms with Gasteiger partial charge >= 0.3 is 0 Å². The molecule has 2 aromatic carbocycles. The van der Waals surface area contributed by atoms with Crippen LogP contribution in [-0.2, 0) is 18.1 Å². The third kappa shape index (κ3) is 2.88. The van der Waals surface area contributed by atoms with Crippen LogP contribution in [0.15, 0.2) is 65.3 Å². The van der Waals surface area contributed by atoms with Crippen LogP contribution in [0.25, 0.3) is 10.9 Å². The fraction of sp³-hybridized carbons (Fsp3) is 0.125. The van der Waals surface area contributed by atoms with Crippen LogP contribution in [0.1, 0.15) is 5.56 Å². The monoisotopic (exact) mass is 315 g/mol. The highest BCUT2D eigenvalue weighted by Crippen LogP contribution is 2.21. The molecule has 0 aliphatic carbocycles. The standard InChI is InChI=1S/C16H14BrNO/c17-15-6-7-16-14(10-15)8-9-18(16)12-19-11-13-4-2-1-3-5-13/h1-10H,11-12H2. The highest BCUT2D eigenvalue weighted by molar-refractivity contribution is 9.10. The van der Waals surface area contributed by atoms with E-state index in [-0.39, 0.29) is 0 Å². The van der Waals surface area contributed by atoms with E-state index in [0.717, 1.165) is 4.47 Å². The molecular weight excluding hydrogens is 302 g/mol. The minimum Gasteiger partial charge on any atom is -0.356 e. The lowest BCUT2D eigenvalue weighted by atomic mass is 10.2. The molecule has 96 valence electrons. The van der Waals surface area contributed by atoms with Gasteiger partial charge in [0.2, 0.25) is 0 Å². The van der Waals surface area contributed by atoms with E-state index in [4.69, 9.17) is 4.74 Å². The summed E-state index contributed by atoms with van der Waals surface area (Å²) in [6.07, 6.45) is 2.06. The van der Waals surface area contributed by atoms with Crippen molar-refractivity contribution < 1.29 is 4.74 Å². The first-order valence-electron chi connectivity index (χ1n) is 6.19. The Morgan fingerprint density at radius 3 is 2.68 bits per heavy atom. The minimum absolute atomic E-state index is 0.569. The molecule has 0 amide bonds. The van der Waals surface area contributed by atoms with Crippen molar-refractivity contribution in [2.75, 3.05) is 0 Å². The third-order valence-electron chi connectivity index (χ3n) is 3.07. The topological polar surface area (TPSA) is 14.2 Å². The molecule has 0 saturated heterocycles. The first kappa shape index (κ1) is 12.5. The van der Waals surface area contributed by atoms with Crippen molar-refractivity contribution in [3.8, 4) is 0 Å². The summed E-state index contributed by atoms with van der Waals surface area (Å²) in [4.78, 5) is 0. The highest BCUT2D eigenvalue weighted by atomic mass is 79.9. The van der Waals surface area contributed by atoms with Crippen molar-refractivity contribution in [2.24, 2.45) is 0 Å². The second-order valence-corrected chi connectivity index (χ2v) is 5.37. The number of hydrogen-bond acceptors (Lipinski definition) is 1. The second kappa shape index (κ2) is 5.59. The highest BCUT2D eigenvalue weighted by Gasteiger charge is 2.01. The number of nitrogens with zero attached hydrogens (tertiary/aromatic N) is 1. The first-order chi connectivity index (χ1) is 9.33. The molecule has 19 heavy (non-hydrogen) atoms. The number of rotatable bonds is 4. The summed E-state index contributed by atoms with van der Waals surface area (Å²) in [5.74, 6) is 0. The van der Waals surface area contributed by atoms with Gasteiger partial charge in [0.15, 0.2) is 0 Å². The summed E-state index contributed by atoms with van der Waals surface area (Å²) < 4.78 is 8.97. The van der Waals surface area contributed by atoms with Crippen LogP contribution in [0.5, 0.6) is 0 Å². The molecule has 0 saturated carbocycles. The second-order valence-electron chi connectivity index (χ2n) is 4.45. The molecule has 3 heteroatoms. The quantitative estimate of drug-likeness (QED) is 0.687. The average molecular weight is 316 g/mol. The molecule has 0 aliphatic rings. The smallest absolute Gasteiger partial charge is 0.123 e. The predicted molar refractivity (Wildman–Crippen MR) is 80.9 cm³/mol. The average Bonchev–Trinajstić information content (AvgIpc) is 2.82. The van der Waals surface area contributed by atoms with Crippen LogP contribution < -0.4 is 0 Å². The van der Waals surface area contributed by atoms with Gasteiger partial charge in [0, 0.05) is 16.1 Å². The minimum atomic E-state index is 0.569. The number of halogens is 1. The normalized spacial score (nSPS) is 11.0. The molecular formula is C16H14BrNO. The van der Waals surface area contributed by atoms with E-state index in [0.29, 0.717) is 13.3 Å². The molecule has 0 fully saturated rings. The van der Waals surface area contributed by atoms with Gasteiger partial charge in [-0.05, 0) is 29.8 Å². The number of aromatic nitrogens is 1. The molecule has 0 aliphatic heterocycles. The SMILES string of the molecule is Brc1ccc2c(ccn2COCc2ccccc2)c1. The van der Waals surface area contributed by atoms with Gasteiger partial charge in [-0.2, -0.15) is 0 Å². The molecule has 0 bridgehead atoms. The van der Waals surface area contributed by atoms with Gasteiger partial charge in [0.05, 0.1) is 12.1 Å². The van der Waals surface area contributed by atoms with Crippen molar-refractivity contribution in [3.05, 3.63) is 70.8 Å². The molecule has 0 N–H and O–H groups in total. The van der Waals surface area contributed by atoms with Crippen LogP contribution >= 0.6 is 15.9 Å². The van der Waals surface area contributed by atoms with Crippen LogP contribution in [0, 0.1) is 0 Å². The van der Waals surface area contributed by atoms with Crippen molar-refractivity contribution >= 4 is 26.8 Å². The lowest BCUT2D eigenvalue weighted by molar-refractivity contribution is 0.0668. The summed E-state index contributed by atoms with van der Waals surface area (Å²) in [5.41, 5.74) is 2.39. The Hall–Kier alpha value is -1.58. The molecule has 1 heterocycles. The van der Waals surface area contributed by atoms with E-state index in [2.05, 4.69) is 63.1 Å². The lowest BCUT2D eigenvalue weighted by Crippen LogP contribution is -2.01. The molecule has 3 rings (SSSR count). The van der Waals surface area contributed by atoms with Crippen LogP contribution in [0.2, 0.25) is 0 Å². The molecule has 0 atom stereocenters. The predicted octanol–water partition coefficient (Wildman–Crippen LogP) is 4.58. The Bertz CT molecular complexity index is 676. The third-order valence-corrected chi connectivity index (χ3v) is 3.57. The molecule has 0 radical (unpaired) electrons. The van der Waals surface area contributed by atoms with Crippen LogP contribution in [-0.4, -0.2) is 4.57 Å². The fourth-order valence-electron chi connectivity index (χ4n) is 2.12. The summed E-state index contributed by atoms with van der Waals surface area (Å²) in [6.45, 7) is 1.21. The van der Waals surface area contributed by atoms with Gasteiger partial charge in [0.25, 0.3) is 0 Å². The van der Waals surface area contributed by atoms with Gasteiger partial charge < -0.3 is 9.30 Å². The number of hydrogen-bond donors (Lipinski definition) is 0. The largest absolute Gasteiger partial charge is 0.356 e. The van der Waals surface area contributed by atoms with Crippen molar-refractivity contribution in [1.82, 2.24) is 4.57 Å². The Morgan fingerprint density at radius 2 is 1.84 bits per heavy atom. The number of ether oxygens (including phenoxy) is 1. The van der Waals surface area contributed by atoms with Gasteiger partial charge in [-0.1, -0.05) is 46.3 Å². The number of benzene rings is 2. The van der Waals surface area contributed by atoms with Crippen LogP contribution in [0.3, 0.4) is 0 Å². The first-order valence-corrected chi connectivity index (χ1v) is 6.98. The summed E-state index contributed by atoms with van der Waals surface area (Å²) >= 11 is 3.48. The molecule has 2 nitrogen and oxygen atoms in total. The molecule has 1 aromatic heterocycles. The summed E-state index contributed by atoms with van der Waals surface area (Å²) in [6, 6.07) is 18.6. The number of fused-ring (bicyclic) bond motifs is 1. The Kier molecular flexibility index (Phi) is 3.67. The molecule has 0 spiro atoms. The van der Waals surface area contributed by atoms with Crippen molar-refractivity contribution in [3.63, 3.8) is 0 Å². The maximum Gasteiger partial charge on any atom is 0.123 e. The Morgan fingerprint density at radius 1 is 1.00 bits per heavy atom. The van der Waals surface area contributed by atoms with E-state index in [9.17, 15) is 0 Å². The van der Waals surface area contributed by atoms with Gasteiger partial charge in [0.1, 0.15) is 6.73 Å². The maximum atomic E-state index is 5.75. The van der Waals surface area contributed by atoms with E-state index in [1.54, 1.807) is 0 Å². The zero-order valence-electron chi connectivity index (χ0n) is 10.4. The van der Waals surface area contributed by atoms with Crippen molar-refractivity contribution in [2.45, 2.75) is 13.3 Å². The Labute approximate surface area is 120 Å². The van der Waals surface area contributed by atoms with Crippen LogP contribution in [0.4, 0.5) is 0 Å². The Balaban J connectivity index is 1.69. The van der Waals surface area contributed by atoms with E-state index in [1.165, 1.54) is 16.5 Å². The lowest BCUT2D eigenvalue weighted by Gasteiger charge is -2.07. The van der Waals surface area contributed by atoms with Gasteiger partial charge in [-0.3, -0.25) is 0 Å².